The topological polar surface area (TPSA) is 31.2 Å². The highest BCUT2D eigenvalue weighted by Gasteiger charge is 2.14. The molecule has 3 rings (SSSR count). The molecule has 0 saturated carbocycles. The Morgan fingerprint density at radius 3 is 2.37 bits per heavy atom. The van der Waals surface area contributed by atoms with Crippen molar-refractivity contribution in [3.8, 4) is 22.6 Å². The highest BCUT2D eigenvalue weighted by Crippen LogP contribution is 2.35. The van der Waals surface area contributed by atoms with Gasteiger partial charge in [0.2, 0.25) is 0 Å². The zero-order valence-electron chi connectivity index (χ0n) is 14.9. The molecule has 2 aromatic carbocycles. The van der Waals surface area contributed by atoms with Crippen LogP contribution in [0.1, 0.15) is 18.9 Å². The van der Waals surface area contributed by atoms with Crippen LogP contribution in [0, 0.1) is 17.5 Å². The second-order valence-corrected chi connectivity index (χ2v) is 6.25. The lowest BCUT2D eigenvalue weighted by Gasteiger charge is -2.14. The minimum atomic E-state index is -0.894. The van der Waals surface area contributed by atoms with E-state index in [2.05, 4.69) is 0 Å². The summed E-state index contributed by atoms with van der Waals surface area (Å²) in [5.74, 6) is -2.32. The fraction of sp³-hybridized carbons (Fsp3) is 0.190. The summed E-state index contributed by atoms with van der Waals surface area (Å²) < 4.78 is 47.9. The molecule has 0 atom stereocenters. The minimum absolute atomic E-state index is 0.147. The van der Waals surface area contributed by atoms with Crippen LogP contribution >= 0.6 is 0 Å². The van der Waals surface area contributed by atoms with E-state index < -0.39 is 23.0 Å². The first-order valence-electron chi connectivity index (χ1n) is 8.51. The van der Waals surface area contributed by atoms with Gasteiger partial charge in [0.1, 0.15) is 11.6 Å². The molecule has 0 aliphatic rings. The molecule has 0 fully saturated rings. The van der Waals surface area contributed by atoms with Crippen LogP contribution in [-0.4, -0.2) is 4.57 Å². The lowest BCUT2D eigenvalue weighted by molar-refractivity contribution is 0.439. The number of ether oxygens (including phenoxy) is 1. The molecule has 1 heterocycles. The Kier molecular flexibility index (Phi) is 5.35. The van der Waals surface area contributed by atoms with Gasteiger partial charge < -0.3 is 9.30 Å². The lowest BCUT2D eigenvalue weighted by Crippen LogP contribution is -2.19. The number of hydrogen-bond acceptors (Lipinski definition) is 2. The summed E-state index contributed by atoms with van der Waals surface area (Å²) in [6, 6.07) is 9.45. The fourth-order valence-corrected chi connectivity index (χ4v) is 2.83. The first-order valence-corrected chi connectivity index (χ1v) is 8.51. The number of aromatic nitrogens is 1. The van der Waals surface area contributed by atoms with Crippen LogP contribution in [0.2, 0.25) is 0 Å². The highest BCUT2D eigenvalue weighted by molar-refractivity contribution is 5.71. The summed E-state index contributed by atoms with van der Waals surface area (Å²) in [7, 11) is 1.45. The van der Waals surface area contributed by atoms with Crippen molar-refractivity contribution in [1.82, 2.24) is 4.57 Å². The van der Waals surface area contributed by atoms with Gasteiger partial charge in [0.05, 0.1) is 0 Å². The summed E-state index contributed by atoms with van der Waals surface area (Å²) in [5.41, 5.74) is 1.19. The molecule has 0 unspecified atom stereocenters. The molecule has 0 bridgehead atoms. The second-order valence-electron chi connectivity index (χ2n) is 6.25. The van der Waals surface area contributed by atoms with Crippen LogP contribution in [0.5, 0.6) is 11.5 Å². The van der Waals surface area contributed by atoms with Gasteiger partial charge >= 0.3 is 0 Å². The predicted molar refractivity (Wildman–Crippen MR) is 97.5 cm³/mol. The standard InChI is InChI=1S/C21H18F3NO2/c1-3-4-13-5-7-19(27-20-8-6-15(22)11-17(20)23)16(9-13)14-10-18(24)21(26)25(2)12-14/h5-12H,3-4H2,1-2H3. The van der Waals surface area contributed by atoms with Crippen molar-refractivity contribution < 1.29 is 17.9 Å². The summed E-state index contributed by atoms with van der Waals surface area (Å²) in [4.78, 5) is 11.6. The molecule has 0 N–H and O–H groups in total. The van der Waals surface area contributed by atoms with Gasteiger partial charge in [-0.3, -0.25) is 4.79 Å². The molecule has 0 saturated heterocycles. The number of benzene rings is 2. The second kappa shape index (κ2) is 7.70. The van der Waals surface area contributed by atoms with Crippen molar-refractivity contribution in [2.45, 2.75) is 19.8 Å². The molecule has 0 radical (unpaired) electrons. The average Bonchev–Trinajstić information content (AvgIpc) is 2.63. The van der Waals surface area contributed by atoms with E-state index >= 15 is 0 Å². The highest BCUT2D eigenvalue weighted by atomic mass is 19.1. The number of rotatable bonds is 5. The van der Waals surface area contributed by atoms with Crippen LogP contribution in [0.4, 0.5) is 13.2 Å². The third-order valence-electron chi connectivity index (χ3n) is 4.15. The minimum Gasteiger partial charge on any atom is -0.454 e. The molecule has 0 amide bonds. The Morgan fingerprint density at radius 1 is 0.963 bits per heavy atom. The van der Waals surface area contributed by atoms with Gasteiger partial charge in [-0.2, -0.15) is 0 Å². The van der Waals surface area contributed by atoms with Gasteiger partial charge in [-0.25, -0.2) is 13.2 Å². The van der Waals surface area contributed by atoms with Crippen LogP contribution < -0.4 is 10.3 Å². The van der Waals surface area contributed by atoms with Crippen LogP contribution in [0.15, 0.2) is 53.5 Å². The smallest absolute Gasteiger partial charge is 0.286 e. The van der Waals surface area contributed by atoms with Gasteiger partial charge in [0, 0.05) is 30.4 Å². The third kappa shape index (κ3) is 4.05. The number of aryl methyl sites for hydroxylation is 2. The Balaban J connectivity index is 2.12. The quantitative estimate of drug-likeness (QED) is 0.614. The van der Waals surface area contributed by atoms with Crippen molar-refractivity contribution >= 4 is 0 Å². The van der Waals surface area contributed by atoms with Crippen LogP contribution in [-0.2, 0) is 13.5 Å². The summed E-state index contributed by atoms with van der Waals surface area (Å²) >= 11 is 0. The lowest BCUT2D eigenvalue weighted by atomic mass is 10.0. The van der Waals surface area contributed by atoms with E-state index in [9.17, 15) is 18.0 Å². The van der Waals surface area contributed by atoms with E-state index in [0.29, 0.717) is 11.1 Å². The molecule has 0 aliphatic heterocycles. The zero-order chi connectivity index (χ0) is 19.6. The van der Waals surface area contributed by atoms with Crippen LogP contribution in [0.25, 0.3) is 11.1 Å². The zero-order valence-corrected chi connectivity index (χ0v) is 14.9. The van der Waals surface area contributed by atoms with E-state index in [1.807, 2.05) is 19.1 Å². The molecule has 3 nitrogen and oxygen atoms in total. The molecule has 3 aromatic rings. The van der Waals surface area contributed by atoms with Crippen molar-refractivity contribution in [2.24, 2.45) is 7.05 Å². The SMILES string of the molecule is CCCc1ccc(Oc2ccc(F)cc2F)c(-c2cc(F)c(=O)n(C)c2)c1. The maximum atomic E-state index is 14.0. The molecular formula is C21H18F3NO2. The third-order valence-corrected chi connectivity index (χ3v) is 4.15. The predicted octanol–water partition coefficient (Wildman–Crippen LogP) is 5.21. The van der Waals surface area contributed by atoms with E-state index in [-0.39, 0.29) is 11.5 Å². The van der Waals surface area contributed by atoms with E-state index in [0.717, 1.165) is 41.2 Å². The van der Waals surface area contributed by atoms with Crippen molar-refractivity contribution in [1.29, 1.82) is 0 Å². The van der Waals surface area contributed by atoms with Crippen molar-refractivity contribution in [2.75, 3.05) is 0 Å². The molecule has 140 valence electrons. The molecule has 0 aliphatic carbocycles. The molecule has 1 aromatic heterocycles. The Labute approximate surface area is 154 Å². The van der Waals surface area contributed by atoms with E-state index in [4.69, 9.17) is 4.74 Å². The number of nitrogens with zero attached hydrogens (tertiary/aromatic N) is 1. The van der Waals surface area contributed by atoms with Gasteiger partial charge in [-0.1, -0.05) is 19.4 Å². The maximum absolute atomic E-state index is 14.0. The Morgan fingerprint density at radius 2 is 1.70 bits per heavy atom. The molecule has 6 heteroatoms. The molecular weight excluding hydrogens is 355 g/mol. The maximum Gasteiger partial charge on any atom is 0.286 e. The number of pyridine rings is 1. The van der Waals surface area contributed by atoms with Gasteiger partial charge in [0.15, 0.2) is 17.4 Å². The van der Waals surface area contributed by atoms with Gasteiger partial charge in [0.25, 0.3) is 5.56 Å². The summed E-state index contributed by atoms with van der Waals surface area (Å²) in [6.45, 7) is 2.03. The first kappa shape index (κ1) is 18.8. The molecule has 27 heavy (non-hydrogen) atoms. The summed E-state index contributed by atoms with van der Waals surface area (Å²) in [6.07, 6.45) is 3.20. The van der Waals surface area contributed by atoms with Gasteiger partial charge in [-0.05, 0) is 42.3 Å². The summed E-state index contributed by atoms with van der Waals surface area (Å²) in [5, 5.41) is 0. The normalized spacial score (nSPS) is 10.9. The monoisotopic (exact) mass is 373 g/mol. The number of halogens is 3. The fourth-order valence-electron chi connectivity index (χ4n) is 2.83. The first-order chi connectivity index (χ1) is 12.9. The Hall–Kier alpha value is -3.02. The van der Waals surface area contributed by atoms with Gasteiger partial charge in [-0.15, -0.1) is 0 Å². The average molecular weight is 373 g/mol. The molecule has 0 spiro atoms. The van der Waals surface area contributed by atoms with Crippen molar-refractivity contribution in [3.63, 3.8) is 0 Å². The van der Waals surface area contributed by atoms with Crippen LogP contribution in [0.3, 0.4) is 0 Å². The number of hydrogen-bond donors (Lipinski definition) is 0. The van der Waals surface area contributed by atoms with Crippen molar-refractivity contribution in [3.05, 3.63) is 82.0 Å². The largest absolute Gasteiger partial charge is 0.454 e. The Bertz CT molecular complexity index is 1020. The van der Waals surface area contributed by atoms with E-state index in [1.54, 1.807) is 6.07 Å². The van der Waals surface area contributed by atoms with E-state index in [1.165, 1.54) is 19.3 Å².